The van der Waals surface area contributed by atoms with E-state index in [-0.39, 0.29) is 31.7 Å². The van der Waals surface area contributed by atoms with Crippen LogP contribution in [0.5, 0.6) is 0 Å². The van der Waals surface area contributed by atoms with Crippen molar-refractivity contribution in [3.05, 3.63) is 76.9 Å². The van der Waals surface area contributed by atoms with Crippen molar-refractivity contribution in [2.45, 2.75) is 126 Å². The zero-order valence-electron chi connectivity index (χ0n) is 34.2. The number of benzene rings is 2. The van der Waals surface area contributed by atoms with Crippen LogP contribution < -0.4 is 10.6 Å². The van der Waals surface area contributed by atoms with E-state index in [0.717, 1.165) is 16.7 Å². The molecule has 0 aromatic heterocycles. The third-order valence-corrected chi connectivity index (χ3v) is 11.6. The van der Waals surface area contributed by atoms with Gasteiger partial charge in [0.1, 0.15) is 41.5 Å². The minimum absolute atomic E-state index is 0.0251. The first-order valence-corrected chi connectivity index (χ1v) is 20.1. The highest BCUT2D eigenvalue weighted by molar-refractivity contribution is 5.96. The van der Waals surface area contributed by atoms with Crippen molar-refractivity contribution in [3.63, 3.8) is 0 Å². The molecule has 1 saturated carbocycles. The standard InChI is InChI=1S/C43H54N4O12/c1-24(49)33(38(52)44-29(23-48)15-17-32(51)56-41(2,3)4)45-40(54)43-21-30-34-35(58-42(57-34)19-27-12-7-8-13-28(27)20-42)37(43)59-47(36(43)39(53)55-30)22-26-11-9-10-25(18-26)14-16-31(50)46(5)6/h7-14,16,18,24,29-30,33-37,48-49H,15,17,19-23H2,1-6H3,(H,44,52)(H,45,54). The van der Waals surface area contributed by atoms with Gasteiger partial charge in [0.15, 0.2) is 11.8 Å². The number of fused-ring (bicyclic) bond motifs is 5. The summed E-state index contributed by atoms with van der Waals surface area (Å²) in [4.78, 5) is 75.8. The minimum Gasteiger partial charge on any atom is -0.460 e. The molecule has 2 aromatic carbocycles. The first-order valence-electron chi connectivity index (χ1n) is 20.1. The summed E-state index contributed by atoms with van der Waals surface area (Å²) in [5, 5.41) is 27.8. The number of rotatable bonds is 13. The zero-order chi connectivity index (χ0) is 42.4. The van der Waals surface area contributed by atoms with Crippen molar-refractivity contribution in [2.24, 2.45) is 5.41 Å². The third kappa shape index (κ3) is 8.52. The second kappa shape index (κ2) is 16.4. The molecule has 59 heavy (non-hydrogen) atoms. The maximum Gasteiger partial charge on any atom is 0.327 e. The highest BCUT2D eigenvalue weighted by Gasteiger charge is 2.76. The number of ether oxygens (including phenoxy) is 4. The Balaban J connectivity index is 1.17. The van der Waals surface area contributed by atoms with Crippen molar-refractivity contribution in [2.75, 3.05) is 20.7 Å². The second-order valence-electron chi connectivity index (χ2n) is 17.4. The molecule has 1 spiro atoms. The van der Waals surface area contributed by atoms with Crippen LogP contribution in [-0.4, -0.2) is 131 Å². The molecule has 2 aromatic rings. The van der Waals surface area contributed by atoms with E-state index in [1.807, 2.05) is 42.5 Å². The van der Waals surface area contributed by atoms with Crippen LogP contribution in [0.25, 0.3) is 6.08 Å². The van der Waals surface area contributed by atoms with Gasteiger partial charge >= 0.3 is 11.9 Å². The number of hydrogen-bond acceptors (Lipinski definition) is 13. The van der Waals surface area contributed by atoms with Crippen molar-refractivity contribution in [1.29, 1.82) is 0 Å². The molecule has 2 aliphatic carbocycles. The van der Waals surface area contributed by atoms with Gasteiger partial charge in [-0.25, -0.2) is 0 Å². The summed E-state index contributed by atoms with van der Waals surface area (Å²) in [6, 6.07) is 11.5. The number of nitrogens with one attached hydrogen (secondary N) is 2. The molecule has 3 amide bonds. The predicted molar refractivity (Wildman–Crippen MR) is 209 cm³/mol. The smallest absolute Gasteiger partial charge is 0.327 e. The summed E-state index contributed by atoms with van der Waals surface area (Å²) >= 11 is 0. The normalized spacial score (nSPS) is 28.0. The fraction of sp³-hybridized carbons (Fsp3) is 0.558. The molecule has 2 bridgehead atoms. The molecule has 9 atom stereocenters. The zero-order valence-corrected chi connectivity index (χ0v) is 34.2. The van der Waals surface area contributed by atoms with Gasteiger partial charge in [0.2, 0.25) is 17.7 Å². The quantitative estimate of drug-likeness (QED) is 0.167. The fourth-order valence-electron chi connectivity index (χ4n) is 8.92. The number of amides is 3. The van der Waals surface area contributed by atoms with Gasteiger partial charge in [-0.3, -0.25) is 28.8 Å². The maximum absolute atomic E-state index is 15.0. The van der Waals surface area contributed by atoms with Crippen molar-refractivity contribution < 1.29 is 58.0 Å². The first-order chi connectivity index (χ1) is 27.9. The highest BCUT2D eigenvalue weighted by atomic mass is 16.8. The van der Waals surface area contributed by atoms with E-state index in [4.69, 9.17) is 23.8 Å². The summed E-state index contributed by atoms with van der Waals surface area (Å²) in [6.07, 6.45) is -1.11. The van der Waals surface area contributed by atoms with Crippen molar-refractivity contribution in [1.82, 2.24) is 20.6 Å². The summed E-state index contributed by atoms with van der Waals surface area (Å²) in [5.41, 5.74) is 1.17. The number of aliphatic hydroxyl groups excluding tert-OH is 2. The summed E-state index contributed by atoms with van der Waals surface area (Å²) in [7, 11) is 3.31. The Kier molecular flexibility index (Phi) is 11.8. The first kappa shape index (κ1) is 42.4. The molecule has 4 fully saturated rings. The molecule has 4 N–H and O–H groups in total. The van der Waals surface area contributed by atoms with E-state index in [1.54, 1.807) is 47.0 Å². The molecular formula is C43H54N4O12. The van der Waals surface area contributed by atoms with Crippen LogP contribution in [0, 0.1) is 5.41 Å². The minimum atomic E-state index is -1.67. The highest BCUT2D eigenvalue weighted by Crippen LogP contribution is 2.58. The number of carbonyl (C=O) groups is 5. The monoisotopic (exact) mass is 818 g/mol. The maximum atomic E-state index is 15.0. The van der Waals surface area contributed by atoms with Gasteiger partial charge in [-0.15, -0.1) is 0 Å². The Bertz CT molecular complexity index is 1970. The molecule has 16 nitrogen and oxygen atoms in total. The summed E-state index contributed by atoms with van der Waals surface area (Å²) in [5.74, 6) is -4.04. The molecule has 0 radical (unpaired) electrons. The third-order valence-electron chi connectivity index (χ3n) is 11.6. The number of aliphatic hydroxyl groups is 2. The Hall–Kier alpha value is -4.71. The van der Waals surface area contributed by atoms with Crippen LogP contribution in [0.1, 0.15) is 69.2 Å². The molecule has 3 heterocycles. The largest absolute Gasteiger partial charge is 0.460 e. The number of esters is 2. The Labute approximate surface area is 343 Å². The van der Waals surface area contributed by atoms with Gasteiger partial charge < -0.3 is 44.7 Å². The average Bonchev–Trinajstić information content (AvgIpc) is 3.84. The SMILES string of the molecule is CC(O)C(NC(=O)C12CC3OC(=O)C1N(Cc1cccc(C=CC(=O)N(C)C)c1)OC2C1OC2(Cc4ccccc4C2)OC31)C(=O)NC(CO)CCC(=O)OC(C)(C)C. The molecule has 3 saturated heterocycles. The fourth-order valence-corrected chi connectivity index (χ4v) is 8.92. The van der Waals surface area contributed by atoms with Crippen molar-refractivity contribution >= 4 is 35.7 Å². The number of hydrogen-bond donors (Lipinski definition) is 4. The molecule has 3 aliphatic heterocycles. The van der Waals surface area contributed by atoms with Crippen LogP contribution in [0.15, 0.2) is 54.6 Å². The van der Waals surface area contributed by atoms with Gasteiger partial charge in [-0.05, 0) is 62.4 Å². The van der Waals surface area contributed by atoms with E-state index >= 15 is 4.79 Å². The van der Waals surface area contributed by atoms with Crippen molar-refractivity contribution in [3.8, 4) is 0 Å². The van der Waals surface area contributed by atoms with Crippen LogP contribution in [-0.2, 0) is 67.1 Å². The van der Waals surface area contributed by atoms with Gasteiger partial charge in [0, 0.05) is 45.9 Å². The van der Waals surface area contributed by atoms with E-state index in [0.29, 0.717) is 18.4 Å². The molecule has 9 unspecified atom stereocenters. The molecule has 7 rings (SSSR count). The average molecular weight is 819 g/mol. The molecule has 16 heteroatoms. The molecule has 5 aliphatic rings. The lowest BCUT2D eigenvalue weighted by Crippen LogP contribution is -2.71. The van der Waals surface area contributed by atoms with Gasteiger partial charge in [0.25, 0.3) is 0 Å². The Morgan fingerprint density at radius 1 is 1.03 bits per heavy atom. The van der Waals surface area contributed by atoms with E-state index in [1.165, 1.54) is 23.0 Å². The van der Waals surface area contributed by atoms with Crippen LogP contribution >= 0.6 is 0 Å². The van der Waals surface area contributed by atoms with E-state index in [9.17, 15) is 29.4 Å². The van der Waals surface area contributed by atoms with Crippen LogP contribution in [0.2, 0.25) is 0 Å². The van der Waals surface area contributed by atoms with Crippen LogP contribution in [0.4, 0.5) is 0 Å². The Morgan fingerprint density at radius 3 is 2.37 bits per heavy atom. The lowest BCUT2D eigenvalue weighted by molar-refractivity contribution is -0.217. The Morgan fingerprint density at radius 2 is 1.73 bits per heavy atom. The number of hydroxylamine groups is 2. The summed E-state index contributed by atoms with van der Waals surface area (Å²) in [6.45, 7) is 6.04. The topological polar surface area (TPSA) is 202 Å². The second-order valence-corrected chi connectivity index (χ2v) is 17.4. The molecule has 318 valence electrons. The lowest BCUT2D eigenvalue weighted by Gasteiger charge is -2.49. The number of likely N-dealkylation sites (N-methyl/N-ethyl adjacent to an activating group) is 1. The summed E-state index contributed by atoms with van der Waals surface area (Å²) < 4.78 is 24.9. The molecular weight excluding hydrogens is 764 g/mol. The lowest BCUT2D eigenvalue weighted by atomic mass is 9.62. The van der Waals surface area contributed by atoms with E-state index < -0.39 is 95.8 Å². The van der Waals surface area contributed by atoms with Gasteiger partial charge in [0.05, 0.1) is 25.3 Å². The van der Waals surface area contributed by atoms with E-state index in [2.05, 4.69) is 10.6 Å². The number of carbonyl (C=O) groups excluding carboxylic acids is 5. The van der Waals surface area contributed by atoms with Crippen LogP contribution in [0.3, 0.4) is 0 Å². The van der Waals surface area contributed by atoms with Gasteiger partial charge in [-0.2, -0.15) is 5.06 Å². The number of nitrogens with zero attached hydrogens (tertiary/aromatic N) is 2. The van der Waals surface area contributed by atoms with Gasteiger partial charge in [-0.1, -0.05) is 48.5 Å². The predicted octanol–water partition coefficient (Wildman–Crippen LogP) is 1.33.